The van der Waals surface area contributed by atoms with E-state index in [0.717, 1.165) is 25.9 Å². The van der Waals surface area contributed by atoms with Gasteiger partial charge in [0.25, 0.3) is 0 Å². The van der Waals surface area contributed by atoms with Gasteiger partial charge in [0.15, 0.2) is 0 Å². The molecule has 2 fully saturated rings. The molecule has 2 amide bonds. The van der Waals surface area contributed by atoms with E-state index in [1.807, 2.05) is 16.8 Å². The third-order valence-electron chi connectivity index (χ3n) is 4.96. The van der Waals surface area contributed by atoms with E-state index in [0.29, 0.717) is 44.0 Å². The fraction of sp³-hybridized carbons (Fsp3) is 0.706. The average molecular weight is 365 g/mol. The highest BCUT2D eigenvalue weighted by Crippen LogP contribution is 2.24. The number of hydrogen-bond acceptors (Lipinski definition) is 7. The largest absolute Gasteiger partial charge is 0.481 e. The number of amides is 2. The average Bonchev–Trinajstić information content (AvgIpc) is 2.73. The molecule has 144 valence electrons. The van der Waals surface area contributed by atoms with Crippen LogP contribution in [-0.2, 0) is 4.74 Å². The molecule has 2 aliphatic heterocycles. The number of methoxy groups -OCH3 is 2. The summed E-state index contributed by atoms with van der Waals surface area (Å²) in [7, 11) is 5.04. The number of urea groups is 1. The van der Waals surface area contributed by atoms with Crippen LogP contribution >= 0.6 is 0 Å². The SMILES string of the molecule is COc1cc(OC)nc(N2CCC(N(C)C(=O)N3CCOCC3)CC2)n1. The Bertz CT molecular complexity index is 593. The summed E-state index contributed by atoms with van der Waals surface area (Å²) in [6.45, 7) is 4.13. The van der Waals surface area contributed by atoms with Crippen LogP contribution in [0.2, 0.25) is 0 Å². The zero-order chi connectivity index (χ0) is 18.5. The number of hydrogen-bond donors (Lipinski definition) is 0. The second-order valence-electron chi connectivity index (χ2n) is 6.46. The molecule has 2 aliphatic rings. The maximum absolute atomic E-state index is 12.6. The van der Waals surface area contributed by atoms with Crippen molar-refractivity contribution in [2.45, 2.75) is 18.9 Å². The summed E-state index contributed by atoms with van der Waals surface area (Å²) in [6.07, 6.45) is 1.74. The maximum Gasteiger partial charge on any atom is 0.320 e. The number of nitrogens with zero attached hydrogens (tertiary/aromatic N) is 5. The number of anilines is 1. The Hall–Kier alpha value is -2.29. The van der Waals surface area contributed by atoms with E-state index >= 15 is 0 Å². The lowest BCUT2D eigenvalue weighted by atomic mass is 10.0. The van der Waals surface area contributed by atoms with E-state index in [1.54, 1.807) is 20.3 Å². The summed E-state index contributed by atoms with van der Waals surface area (Å²) in [4.78, 5) is 27.3. The lowest BCUT2D eigenvalue weighted by molar-refractivity contribution is 0.0409. The van der Waals surface area contributed by atoms with Crippen LogP contribution in [0.15, 0.2) is 6.07 Å². The Kier molecular flexibility index (Phi) is 5.97. The van der Waals surface area contributed by atoms with Crippen LogP contribution < -0.4 is 14.4 Å². The van der Waals surface area contributed by atoms with Crippen molar-refractivity contribution >= 4 is 12.0 Å². The molecule has 0 bridgehead atoms. The zero-order valence-electron chi connectivity index (χ0n) is 15.7. The minimum absolute atomic E-state index is 0.0889. The number of piperidine rings is 1. The molecule has 0 spiro atoms. The second-order valence-corrected chi connectivity index (χ2v) is 6.46. The summed E-state index contributed by atoms with van der Waals surface area (Å²) in [5.74, 6) is 1.56. The second kappa shape index (κ2) is 8.39. The first-order chi connectivity index (χ1) is 12.6. The molecule has 0 saturated carbocycles. The fourth-order valence-electron chi connectivity index (χ4n) is 3.33. The van der Waals surface area contributed by atoms with Crippen molar-refractivity contribution in [2.75, 3.05) is 65.6 Å². The van der Waals surface area contributed by atoms with Crippen LogP contribution in [0, 0.1) is 0 Å². The van der Waals surface area contributed by atoms with Crippen molar-refractivity contribution in [3.05, 3.63) is 6.07 Å². The Morgan fingerprint density at radius 3 is 2.23 bits per heavy atom. The molecule has 9 heteroatoms. The molecular weight excluding hydrogens is 338 g/mol. The normalized spacial score (nSPS) is 18.6. The molecular formula is C17H27N5O4. The van der Waals surface area contributed by atoms with E-state index in [1.165, 1.54) is 0 Å². The van der Waals surface area contributed by atoms with E-state index in [4.69, 9.17) is 14.2 Å². The third-order valence-corrected chi connectivity index (χ3v) is 4.96. The number of ether oxygens (including phenoxy) is 3. The lowest BCUT2D eigenvalue weighted by Crippen LogP contribution is -2.52. The van der Waals surface area contributed by atoms with Gasteiger partial charge in [-0.3, -0.25) is 0 Å². The van der Waals surface area contributed by atoms with Gasteiger partial charge in [0.05, 0.1) is 33.5 Å². The van der Waals surface area contributed by atoms with Crippen molar-refractivity contribution in [1.82, 2.24) is 19.8 Å². The number of morpholine rings is 1. The minimum atomic E-state index is 0.0889. The van der Waals surface area contributed by atoms with Crippen molar-refractivity contribution in [3.8, 4) is 11.8 Å². The van der Waals surface area contributed by atoms with Gasteiger partial charge >= 0.3 is 6.03 Å². The van der Waals surface area contributed by atoms with Crippen LogP contribution in [0.4, 0.5) is 10.7 Å². The quantitative estimate of drug-likeness (QED) is 0.782. The van der Waals surface area contributed by atoms with Crippen LogP contribution in [0.5, 0.6) is 11.8 Å². The highest BCUT2D eigenvalue weighted by Gasteiger charge is 2.29. The molecule has 0 atom stereocenters. The zero-order valence-corrected chi connectivity index (χ0v) is 15.7. The molecule has 0 radical (unpaired) electrons. The van der Waals surface area contributed by atoms with E-state index in [9.17, 15) is 4.79 Å². The smallest absolute Gasteiger partial charge is 0.320 e. The molecule has 0 N–H and O–H groups in total. The van der Waals surface area contributed by atoms with E-state index in [2.05, 4.69) is 14.9 Å². The molecule has 0 unspecified atom stereocenters. The van der Waals surface area contributed by atoms with Gasteiger partial charge in [0.2, 0.25) is 17.7 Å². The number of rotatable bonds is 4. The molecule has 0 aromatic carbocycles. The van der Waals surface area contributed by atoms with Crippen molar-refractivity contribution in [1.29, 1.82) is 0 Å². The summed E-state index contributed by atoms with van der Waals surface area (Å²) < 4.78 is 15.8. The first-order valence-electron chi connectivity index (χ1n) is 8.94. The fourth-order valence-corrected chi connectivity index (χ4v) is 3.33. The highest BCUT2D eigenvalue weighted by atomic mass is 16.5. The molecule has 26 heavy (non-hydrogen) atoms. The minimum Gasteiger partial charge on any atom is -0.481 e. The van der Waals surface area contributed by atoms with Crippen LogP contribution in [0.25, 0.3) is 0 Å². The Morgan fingerprint density at radius 1 is 1.12 bits per heavy atom. The Morgan fingerprint density at radius 2 is 1.69 bits per heavy atom. The molecule has 1 aromatic heterocycles. The van der Waals surface area contributed by atoms with Gasteiger partial charge in [-0.05, 0) is 12.8 Å². The van der Waals surface area contributed by atoms with Crippen molar-refractivity contribution in [2.24, 2.45) is 0 Å². The van der Waals surface area contributed by atoms with Crippen molar-refractivity contribution < 1.29 is 19.0 Å². The predicted octanol–water partition coefficient (Wildman–Crippen LogP) is 0.847. The van der Waals surface area contributed by atoms with Gasteiger partial charge in [-0.2, -0.15) is 9.97 Å². The van der Waals surface area contributed by atoms with Gasteiger partial charge in [0, 0.05) is 39.3 Å². The molecule has 1 aromatic rings. The summed E-state index contributed by atoms with van der Waals surface area (Å²) in [6, 6.07) is 1.96. The number of carbonyl (C=O) groups is 1. The first-order valence-corrected chi connectivity index (χ1v) is 8.94. The first kappa shape index (κ1) is 18.5. The standard InChI is InChI=1S/C17H27N5O4/c1-20(17(23)22-8-10-26-11-9-22)13-4-6-21(7-5-13)16-18-14(24-2)12-15(19-16)25-3/h12-13H,4-11H2,1-3H3. The van der Waals surface area contributed by atoms with Crippen molar-refractivity contribution in [3.63, 3.8) is 0 Å². The number of carbonyl (C=O) groups excluding carboxylic acids is 1. The van der Waals surface area contributed by atoms with Crippen LogP contribution in [-0.4, -0.2) is 92.5 Å². The lowest BCUT2D eigenvalue weighted by Gasteiger charge is -2.39. The highest BCUT2D eigenvalue weighted by molar-refractivity contribution is 5.74. The van der Waals surface area contributed by atoms with E-state index in [-0.39, 0.29) is 12.1 Å². The third kappa shape index (κ3) is 4.09. The molecule has 2 saturated heterocycles. The van der Waals surface area contributed by atoms with Gasteiger partial charge in [-0.1, -0.05) is 0 Å². The summed E-state index contributed by atoms with van der Waals surface area (Å²) in [5, 5.41) is 0. The van der Waals surface area contributed by atoms with Gasteiger partial charge < -0.3 is 28.9 Å². The summed E-state index contributed by atoms with van der Waals surface area (Å²) >= 11 is 0. The molecule has 3 heterocycles. The van der Waals surface area contributed by atoms with Crippen LogP contribution in [0.1, 0.15) is 12.8 Å². The van der Waals surface area contributed by atoms with Gasteiger partial charge in [-0.25, -0.2) is 4.79 Å². The van der Waals surface area contributed by atoms with Gasteiger partial charge in [-0.15, -0.1) is 0 Å². The molecule has 3 rings (SSSR count). The Balaban J connectivity index is 1.59. The maximum atomic E-state index is 12.6. The van der Waals surface area contributed by atoms with Crippen LogP contribution in [0.3, 0.4) is 0 Å². The van der Waals surface area contributed by atoms with E-state index < -0.39 is 0 Å². The number of aromatic nitrogens is 2. The predicted molar refractivity (Wildman–Crippen MR) is 95.9 cm³/mol. The summed E-state index contributed by atoms with van der Waals surface area (Å²) in [5.41, 5.74) is 0. The Labute approximate surface area is 153 Å². The topological polar surface area (TPSA) is 80.3 Å². The van der Waals surface area contributed by atoms with Gasteiger partial charge in [0.1, 0.15) is 0 Å². The monoisotopic (exact) mass is 365 g/mol. The molecule has 0 aliphatic carbocycles. The molecule has 9 nitrogen and oxygen atoms in total.